The van der Waals surface area contributed by atoms with E-state index in [9.17, 15) is 0 Å². The molecule has 0 fully saturated rings. The Bertz CT molecular complexity index is 238. The highest BCUT2D eigenvalue weighted by Gasteiger charge is 1.87. The van der Waals surface area contributed by atoms with Gasteiger partial charge >= 0.3 is 0 Å². The minimum atomic E-state index is 1.25. The lowest BCUT2D eigenvalue weighted by molar-refractivity contribution is 1.45. The molecule has 1 atom stereocenters. The lowest BCUT2D eigenvalue weighted by atomic mass is 10.2. The molecule has 11 heavy (non-hydrogen) atoms. The lowest BCUT2D eigenvalue weighted by Crippen LogP contribution is -1.71. The van der Waals surface area contributed by atoms with Crippen LogP contribution in [0.1, 0.15) is 5.56 Å². The third-order valence-electron chi connectivity index (χ3n) is 1.40. The van der Waals surface area contributed by atoms with Crippen molar-refractivity contribution in [2.75, 3.05) is 6.26 Å². The number of thioether (sulfide) groups is 1. The van der Waals surface area contributed by atoms with Crippen LogP contribution >= 0.6 is 21.0 Å². The van der Waals surface area contributed by atoms with E-state index in [1.165, 1.54) is 10.5 Å². The first-order chi connectivity index (χ1) is 5.36. The second kappa shape index (κ2) is 4.58. The van der Waals surface area contributed by atoms with Crippen LogP contribution in [0.15, 0.2) is 35.0 Å². The fraction of sp³-hybridized carbons (Fsp3) is 0.111. The molecular formula is C9H11PS. The fourth-order valence-electron chi connectivity index (χ4n) is 0.826. The quantitative estimate of drug-likeness (QED) is 0.499. The average Bonchev–Trinajstić information content (AvgIpc) is 2.07. The molecule has 1 unspecified atom stereocenters. The van der Waals surface area contributed by atoms with Crippen LogP contribution in [0.4, 0.5) is 0 Å². The third-order valence-corrected chi connectivity index (χ3v) is 2.34. The maximum Gasteiger partial charge on any atom is 0.00695 e. The summed E-state index contributed by atoms with van der Waals surface area (Å²) in [5.74, 6) is 1.97. The predicted molar refractivity (Wildman–Crippen MR) is 57.0 cm³/mol. The second-order valence-corrected chi connectivity index (χ2v) is 3.40. The van der Waals surface area contributed by atoms with Crippen LogP contribution in [0.3, 0.4) is 0 Å². The van der Waals surface area contributed by atoms with E-state index in [4.69, 9.17) is 0 Å². The SMILES string of the molecule is CSc1ccc(/C=C/P)cc1. The van der Waals surface area contributed by atoms with Crippen molar-refractivity contribution >= 4 is 27.1 Å². The molecule has 58 valence electrons. The molecule has 0 saturated heterocycles. The van der Waals surface area contributed by atoms with E-state index in [1.54, 1.807) is 11.8 Å². The van der Waals surface area contributed by atoms with Crippen LogP contribution < -0.4 is 0 Å². The smallest absolute Gasteiger partial charge is 0.00695 e. The van der Waals surface area contributed by atoms with Gasteiger partial charge in [-0.1, -0.05) is 24.0 Å². The lowest BCUT2D eigenvalue weighted by Gasteiger charge is -1.95. The van der Waals surface area contributed by atoms with E-state index in [2.05, 4.69) is 45.8 Å². The molecule has 2 heteroatoms. The standard InChI is InChI=1S/C9H11PS/c1-11-9-4-2-8(3-5-9)6-7-10/h2-7H,10H2,1H3/b7-6+. The molecule has 0 N–H and O–H groups in total. The van der Waals surface area contributed by atoms with Crippen molar-refractivity contribution in [3.63, 3.8) is 0 Å². The highest BCUT2D eigenvalue weighted by Crippen LogP contribution is 2.15. The highest BCUT2D eigenvalue weighted by atomic mass is 32.2. The van der Waals surface area contributed by atoms with Crippen molar-refractivity contribution in [2.24, 2.45) is 0 Å². The Balaban J connectivity index is 2.82. The van der Waals surface area contributed by atoms with Gasteiger partial charge < -0.3 is 0 Å². The zero-order valence-electron chi connectivity index (χ0n) is 6.45. The van der Waals surface area contributed by atoms with E-state index in [0.29, 0.717) is 0 Å². The summed E-state index contributed by atoms with van der Waals surface area (Å²) in [7, 11) is 2.57. The molecule has 1 aromatic carbocycles. The number of benzene rings is 1. The van der Waals surface area contributed by atoms with Crippen molar-refractivity contribution in [1.29, 1.82) is 0 Å². The Morgan fingerprint density at radius 2 is 1.91 bits per heavy atom. The summed E-state index contributed by atoms with van der Waals surface area (Å²) in [6, 6.07) is 8.49. The van der Waals surface area contributed by atoms with Gasteiger partial charge in [0.1, 0.15) is 0 Å². The minimum absolute atomic E-state index is 1.25. The van der Waals surface area contributed by atoms with Crippen molar-refractivity contribution in [3.8, 4) is 0 Å². The minimum Gasteiger partial charge on any atom is -0.130 e. The van der Waals surface area contributed by atoms with E-state index in [1.807, 2.05) is 5.82 Å². The summed E-state index contributed by atoms with van der Waals surface area (Å²) >= 11 is 1.77. The van der Waals surface area contributed by atoms with Crippen molar-refractivity contribution in [1.82, 2.24) is 0 Å². The molecular weight excluding hydrogens is 171 g/mol. The van der Waals surface area contributed by atoms with Crippen molar-refractivity contribution in [2.45, 2.75) is 4.90 Å². The van der Waals surface area contributed by atoms with Crippen LogP contribution in [0.25, 0.3) is 6.08 Å². The Labute approximate surface area is 74.3 Å². The Hall–Kier alpha value is -0.260. The molecule has 0 amide bonds. The Morgan fingerprint density at radius 1 is 1.27 bits per heavy atom. The van der Waals surface area contributed by atoms with Crippen LogP contribution in [0.5, 0.6) is 0 Å². The third kappa shape index (κ3) is 2.69. The zero-order valence-corrected chi connectivity index (χ0v) is 8.42. The summed E-state index contributed by atoms with van der Waals surface area (Å²) in [5.41, 5.74) is 1.25. The molecule has 0 aromatic heterocycles. The second-order valence-electron chi connectivity index (χ2n) is 2.13. The fourth-order valence-corrected chi connectivity index (χ4v) is 1.46. The van der Waals surface area contributed by atoms with Gasteiger partial charge in [-0.3, -0.25) is 0 Å². The summed E-state index contributed by atoms with van der Waals surface area (Å²) in [6.07, 6.45) is 4.15. The van der Waals surface area contributed by atoms with E-state index >= 15 is 0 Å². The Morgan fingerprint density at radius 3 is 2.36 bits per heavy atom. The average molecular weight is 182 g/mol. The molecule has 0 aliphatic heterocycles. The number of rotatable bonds is 2. The summed E-state index contributed by atoms with van der Waals surface area (Å²) in [6.45, 7) is 0. The summed E-state index contributed by atoms with van der Waals surface area (Å²) in [4.78, 5) is 1.31. The maximum absolute atomic E-state index is 2.57. The molecule has 0 aliphatic rings. The Kier molecular flexibility index (Phi) is 3.68. The molecule has 1 rings (SSSR count). The van der Waals surface area contributed by atoms with Gasteiger partial charge in [0.05, 0.1) is 0 Å². The van der Waals surface area contributed by atoms with Gasteiger partial charge in [0.25, 0.3) is 0 Å². The maximum atomic E-state index is 2.57. The van der Waals surface area contributed by atoms with Crippen LogP contribution in [-0.4, -0.2) is 6.26 Å². The molecule has 0 nitrogen and oxygen atoms in total. The summed E-state index contributed by atoms with van der Waals surface area (Å²) < 4.78 is 0. The van der Waals surface area contributed by atoms with Crippen LogP contribution in [0.2, 0.25) is 0 Å². The molecule has 1 aromatic rings. The van der Waals surface area contributed by atoms with Gasteiger partial charge in [0, 0.05) is 4.90 Å². The first-order valence-corrected chi connectivity index (χ1v) is 5.28. The first kappa shape index (κ1) is 8.83. The molecule has 0 saturated carbocycles. The van der Waals surface area contributed by atoms with Gasteiger partial charge in [0.15, 0.2) is 0 Å². The van der Waals surface area contributed by atoms with E-state index in [-0.39, 0.29) is 0 Å². The number of hydrogen-bond donors (Lipinski definition) is 0. The highest BCUT2D eigenvalue weighted by molar-refractivity contribution is 7.98. The van der Waals surface area contributed by atoms with Gasteiger partial charge in [-0.05, 0) is 24.0 Å². The van der Waals surface area contributed by atoms with E-state index < -0.39 is 0 Å². The van der Waals surface area contributed by atoms with Gasteiger partial charge in [-0.15, -0.1) is 21.0 Å². The van der Waals surface area contributed by atoms with Crippen molar-refractivity contribution in [3.05, 3.63) is 35.6 Å². The topological polar surface area (TPSA) is 0 Å². The molecule has 0 bridgehead atoms. The van der Waals surface area contributed by atoms with Gasteiger partial charge in [0.2, 0.25) is 0 Å². The molecule has 0 aliphatic carbocycles. The molecule has 0 heterocycles. The van der Waals surface area contributed by atoms with E-state index in [0.717, 1.165) is 0 Å². The largest absolute Gasteiger partial charge is 0.130 e. The first-order valence-electron chi connectivity index (χ1n) is 3.39. The normalized spacial score (nSPS) is 10.7. The van der Waals surface area contributed by atoms with Gasteiger partial charge in [-0.25, -0.2) is 0 Å². The molecule has 0 radical (unpaired) electrons. The van der Waals surface area contributed by atoms with Crippen LogP contribution in [-0.2, 0) is 0 Å². The monoisotopic (exact) mass is 182 g/mol. The number of hydrogen-bond acceptors (Lipinski definition) is 1. The zero-order chi connectivity index (χ0) is 8.10. The van der Waals surface area contributed by atoms with Crippen molar-refractivity contribution < 1.29 is 0 Å². The van der Waals surface area contributed by atoms with Crippen LogP contribution in [0, 0.1) is 0 Å². The summed E-state index contributed by atoms with van der Waals surface area (Å²) in [5, 5.41) is 0. The molecule has 0 spiro atoms. The van der Waals surface area contributed by atoms with Gasteiger partial charge in [-0.2, -0.15) is 0 Å². The predicted octanol–water partition coefficient (Wildman–Crippen LogP) is 3.25.